The maximum Gasteiger partial charge on any atom is 0.216 e. The molecule has 1 aromatic rings. The lowest BCUT2D eigenvalue weighted by molar-refractivity contribution is 0.577. The van der Waals surface area contributed by atoms with E-state index in [9.17, 15) is 4.39 Å². The van der Waals surface area contributed by atoms with Gasteiger partial charge in [0.15, 0.2) is 0 Å². The summed E-state index contributed by atoms with van der Waals surface area (Å²) in [6, 6.07) is 1.26. The minimum atomic E-state index is -0.482. The van der Waals surface area contributed by atoms with Crippen molar-refractivity contribution in [2.24, 2.45) is 0 Å². The van der Waals surface area contributed by atoms with Crippen molar-refractivity contribution in [3.05, 3.63) is 22.0 Å². The summed E-state index contributed by atoms with van der Waals surface area (Å²) < 4.78 is 12.6. The van der Waals surface area contributed by atoms with Gasteiger partial charge in [-0.3, -0.25) is 0 Å². The van der Waals surface area contributed by atoms with E-state index in [0.717, 1.165) is 0 Å². The lowest BCUT2D eigenvalue weighted by atomic mass is 10.7. The molecule has 1 rings (SSSR count). The highest BCUT2D eigenvalue weighted by Crippen LogP contribution is 1.97. The lowest BCUT2D eigenvalue weighted by Crippen LogP contribution is -1.85. The molecule has 0 atom stereocenters. The Bertz CT molecular complexity index is 174. The smallest absolute Gasteiger partial charge is 0.216 e. The second-order valence-corrected chi connectivity index (χ2v) is 2.27. The molecular weight excluding hydrogens is 222 g/mol. The first-order chi connectivity index (χ1) is 3.79. The normalized spacial score (nSPS) is 9.25. The van der Waals surface area contributed by atoms with Crippen LogP contribution < -0.4 is 0 Å². The first kappa shape index (κ1) is 5.87. The Labute approximate surface area is 59.3 Å². The summed E-state index contributed by atoms with van der Waals surface area (Å²) in [6.45, 7) is 0. The van der Waals surface area contributed by atoms with Crippen LogP contribution in [0.2, 0.25) is 0 Å². The third-order valence-corrected chi connectivity index (χ3v) is 1.19. The Balaban J connectivity index is 3.08. The Morgan fingerprint density at radius 2 is 2.25 bits per heavy atom. The summed E-state index contributed by atoms with van der Waals surface area (Å²) in [5, 5.41) is 0. The van der Waals surface area contributed by atoms with Crippen molar-refractivity contribution < 1.29 is 4.39 Å². The third-order valence-electron chi connectivity index (χ3n) is 0.600. The standard InChI is InChI=1S/C4H2FIN2/c5-3-1-4(6)8-2-7-3/h1-2H. The number of halogens is 2. The largest absolute Gasteiger partial charge is 0.230 e. The first-order valence-corrected chi connectivity index (χ1v) is 3.00. The Morgan fingerprint density at radius 1 is 1.50 bits per heavy atom. The van der Waals surface area contributed by atoms with Gasteiger partial charge in [-0.2, -0.15) is 4.39 Å². The predicted molar refractivity (Wildman–Crippen MR) is 34.7 cm³/mol. The van der Waals surface area contributed by atoms with E-state index in [-0.39, 0.29) is 0 Å². The Morgan fingerprint density at radius 3 is 2.62 bits per heavy atom. The fraction of sp³-hybridized carbons (Fsp3) is 0. The first-order valence-electron chi connectivity index (χ1n) is 1.92. The summed E-state index contributed by atoms with van der Waals surface area (Å²) in [5.74, 6) is -0.482. The van der Waals surface area contributed by atoms with Crippen molar-refractivity contribution in [3.8, 4) is 0 Å². The van der Waals surface area contributed by atoms with E-state index < -0.39 is 5.95 Å². The van der Waals surface area contributed by atoms with Crippen molar-refractivity contribution >= 4 is 22.6 Å². The van der Waals surface area contributed by atoms with Crippen LogP contribution in [0.4, 0.5) is 4.39 Å². The van der Waals surface area contributed by atoms with Gasteiger partial charge in [0.05, 0.1) is 0 Å². The minimum Gasteiger partial charge on any atom is -0.230 e. The molecule has 0 spiro atoms. The van der Waals surface area contributed by atoms with Gasteiger partial charge >= 0.3 is 0 Å². The van der Waals surface area contributed by atoms with E-state index in [1.54, 1.807) is 0 Å². The van der Waals surface area contributed by atoms with Crippen LogP contribution in [0.15, 0.2) is 12.4 Å². The number of aromatic nitrogens is 2. The van der Waals surface area contributed by atoms with Gasteiger partial charge in [-0.15, -0.1) is 0 Å². The zero-order valence-electron chi connectivity index (χ0n) is 3.81. The molecule has 0 aromatic carbocycles. The van der Waals surface area contributed by atoms with Gasteiger partial charge in [-0.05, 0) is 22.6 Å². The number of hydrogen-bond donors (Lipinski definition) is 0. The fourth-order valence-electron chi connectivity index (χ4n) is 0.312. The summed E-state index contributed by atoms with van der Waals surface area (Å²) in [6.07, 6.45) is 1.19. The molecule has 42 valence electrons. The van der Waals surface area contributed by atoms with Crippen LogP contribution in [-0.4, -0.2) is 9.97 Å². The Hall–Kier alpha value is -0.260. The molecule has 0 aliphatic heterocycles. The molecule has 0 saturated heterocycles. The molecule has 8 heavy (non-hydrogen) atoms. The van der Waals surface area contributed by atoms with Gasteiger partial charge in [-0.1, -0.05) is 0 Å². The summed E-state index contributed by atoms with van der Waals surface area (Å²) in [7, 11) is 0. The van der Waals surface area contributed by atoms with E-state index in [1.807, 2.05) is 22.6 Å². The molecule has 2 nitrogen and oxygen atoms in total. The number of hydrogen-bond acceptors (Lipinski definition) is 2. The Kier molecular flexibility index (Phi) is 1.72. The SMILES string of the molecule is Fc1cc(I)ncn1. The second-order valence-electron chi connectivity index (χ2n) is 1.16. The van der Waals surface area contributed by atoms with E-state index in [1.165, 1.54) is 12.4 Å². The van der Waals surface area contributed by atoms with E-state index in [4.69, 9.17) is 0 Å². The lowest BCUT2D eigenvalue weighted by Gasteiger charge is -1.84. The zero-order valence-corrected chi connectivity index (χ0v) is 5.96. The molecule has 0 aliphatic rings. The molecule has 0 bridgehead atoms. The van der Waals surface area contributed by atoms with Crippen LogP contribution in [0.5, 0.6) is 0 Å². The highest BCUT2D eigenvalue weighted by atomic mass is 127. The van der Waals surface area contributed by atoms with Crippen molar-refractivity contribution in [1.82, 2.24) is 9.97 Å². The highest BCUT2D eigenvalue weighted by Gasteiger charge is 1.89. The molecule has 4 heteroatoms. The maximum absolute atomic E-state index is 12.0. The van der Waals surface area contributed by atoms with Crippen LogP contribution in [0.25, 0.3) is 0 Å². The van der Waals surface area contributed by atoms with E-state index >= 15 is 0 Å². The quantitative estimate of drug-likeness (QED) is 0.489. The van der Waals surface area contributed by atoms with Crippen molar-refractivity contribution in [2.45, 2.75) is 0 Å². The summed E-state index contributed by atoms with van der Waals surface area (Å²) in [5.41, 5.74) is 0. The predicted octanol–water partition coefficient (Wildman–Crippen LogP) is 1.22. The average molecular weight is 224 g/mol. The monoisotopic (exact) mass is 224 g/mol. The van der Waals surface area contributed by atoms with Gasteiger partial charge in [0.1, 0.15) is 10.0 Å². The van der Waals surface area contributed by atoms with Crippen LogP contribution in [0.3, 0.4) is 0 Å². The number of rotatable bonds is 0. The highest BCUT2D eigenvalue weighted by molar-refractivity contribution is 14.1. The second kappa shape index (κ2) is 2.34. The van der Waals surface area contributed by atoms with Gasteiger partial charge in [0.2, 0.25) is 5.95 Å². The molecule has 0 aliphatic carbocycles. The van der Waals surface area contributed by atoms with E-state index in [2.05, 4.69) is 9.97 Å². The third kappa shape index (κ3) is 1.36. The van der Waals surface area contributed by atoms with Crippen LogP contribution in [0, 0.1) is 9.65 Å². The zero-order chi connectivity index (χ0) is 5.98. The molecule has 1 aromatic heterocycles. The average Bonchev–Trinajstić information content (AvgIpc) is 1.64. The minimum absolute atomic E-state index is 0.482. The van der Waals surface area contributed by atoms with Crippen LogP contribution in [-0.2, 0) is 0 Å². The molecule has 0 unspecified atom stereocenters. The molecule has 0 amide bonds. The molecular formula is C4H2FIN2. The van der Waals surface area contributed by atoms with Gasteiger partial charge in [-0.25, -0.2) is 9.97 Å². The van der Waals surface area contributed by atoms with Crippen LogP contribution >= 0.6 is 22.6 Å². The van der Waals surface area contributed by atoms with E-state index in [0.29, 0.717) is 3.70 Å². The van der Waals surface area contributed by atoms with Gasteiger partial charge in [0.25, 0.3) is 0 Å². The molecule has 1 heterocycles. The fourth-order valence-corrected chi connectivity index (χ4v) is 0.694. The molecule has 0 saturated carbocycles. The van der Waals surface area contributed by atoms with Gasteiger partial charge in [0, 0.05) is 6.07 Å². The molecule has 0 fully saturated rings. The number of nitrogens with zero attached hydrogens (tertiary/aromatic N) is 2. The van der Waals surface area contributed by atoms with Gasteiger partial charge < -0.3 is 0 Å². The topological polar surface area (TPSA) is 25.8 Å². The molecule has 0 N–H and O–H groups in total. The van der Waals surface area contributed by atoms with Crippen molar-refractivity contribution in [2.75, 3.05) is 0 Å². The van der Waals surface area contributed by atoms with Crippen LogP contribution in [0.1, 0.15) is 0 Å². The molecule has 0 radical (unpaired) electrons. The summed E-state index contributed by atoms with van der Waals surface area (Å²) in [4.78, 5) is 6.93. The van der Waals surface area contributed by atoms with Crippen molar-refractivity contribution in [1.29, 1.82) is 0 Å². The summed E-state index contributed by atoms with van der Waals surface area (Å²) >= 11 is 1.91. The maximum atomic E-state index is 12.0. The van der Waals surface area contributed by atoms with Crippen molar-refractivity contribution in [3.63, 3.8) is 0 Å².